The van der Waals surface area contributed by atoms with Crippen LogP contribution in [-0.2, 0) is 6.42 Å². The lowest BCUT2D eigenvalue weighted by Crippen LogP contribution is -1.87. The van der Waals surface area contributed by atoms with Gasteiger partial charge in [-0.1, -0.05) is 54.6 Å². The molecule has 0 aliphatic rings. The van der Waals surface area contributed by atoms with Crippen LogP contribution in [-0.4, -0.2) is 6.21 Å². The summed E-state index contributed by atoms with van der Waals surface area (Å²) in [6.45, 7) is 3.76. The molecule has 3 rings (SSSR count). The van der Waals surface area contributed by atoms with Gasteiger partial charge in [0.05, 0.1) is 5.69 Å². The van der Waals surface area contributed by atoms with Gasteiger partial charge >= 0.3 is 0 Å². The molecule has 0 unspecified atom stereocenters. The highest BCUT2D eigenvalue weighted by molar-refractivity contribution is 5.82. The van der Waals surface area contributed by atoms with Crippen molar-refractivity contribution >= 4 is 11.9 Å². The van der Waals surface area contributed by atoms with Crippen molar-refractivity contribution in [2.24, 2.45) is 4.99 Å². The number of aliphatic imine (C=N–C) groups is 1. The molecule has 0 spiro atoms. The first-order valence-corrected chi connectivity index (χ1v) is 9.34. The van der Waals surface area contributed by atoms with Crippen molar-refractivity contribution in [1.82, 2.24) is 0 Å². The maximum absolute atomic E-state index is 13.0. The van der Waals surface area contributed by atoms with Crippen LogP contribution in [0.2, 0.25) is 0 Å². The second-order valence-corrected chi connectivity index (χ2v) is 6.59. The third-order valence-corrected chi connectivity index (χ3v) is 4.51. The van der Waals surface area contributed by atoms with Crippen molar-refractivity contribution in [2.45, 2.75) is 25.7 Å². The van der Waals surface area contributed by atoms with E-state index in [-0.39, 0.29) is 5.82 Å². The average Bonchev–Trinajstić information content (AvgIpc) is 2.72. The summed E-state index contributed by atoms with van der Waals surface area (Å²) in [6, 6.07) is 23.1. The third-order valence-electron chi connectivity index (χ3n) is 4.51. The fourth-order valence-electron chi connectivity index (χ4n) is 2.92. The highest BCUT2D eigenvalue weighted by Gasteiger charge is 1.98. The second kappa shape index (κ2) is 9.63. The first kappa shape index (κ1) is 18.8. The Morgan fingerprint density at radius 1 is 0.778 bits per heavy atom. The van der Waals surface area contributed by atoms with E-state index in [1.54, 1.807) is 12.1 Å². The zero-order valence-corrected chi connectivity index (χ0v) is 15.4. The van der Waals surface area contributed by atoms with Crippen LogP contribution in [0.4, 0.5) is 10.1 Å². The van der Waals surface area contributed by atoms with Crippen molar-refractivity contribution in [3.8, 4) is 11.1 Å². The number of hydrogen-bond acceptors (Lipinski definition) is 1. The fraction of sp³-hybridized carbons (Fsp3) is 0.160. The molecule has 3 aromatic rings. The molecule has 2 heteroatoms. The number of nitrogens with zero attached hydrogens (tertiary/aromatic N) is 1. The Morgan fingerprint density at radius 2 is 1.41 bits per heavy atom. The van der Waals surface area contributed by atoms with Crippen LogP contribution < -0.4 is 0 Å². The summed E-state index contributed by atoms with van der Waals surface area (Å²) >= 11 is 0. The van der Waals surface area contributed by atoms with E-state index in [1.807, 2.05) is 36.6 Å². The number of halogens is 1. The molecule has 27 heavy (non-hydrogen) atoms. The Kier molecular flexibility index (Phi) is 6.70. The normalized spacial score (nSPS) is 11.0. The summed E-state index contributed by atoms with van der Waals surface area (Å²) in [4.78, 5) is 4.55. The predicted molar refractivity (Wildman–Crippen MR) is 113 cm³/mol. The average molecular weight is 357 g/mol. The second-order valence-electron chi connectivity index (χ2n) is 6.59. The first-order valence-electron chi connectivity index (χ1n) is 9.34. The number of allylic oxidation sites excluding steroid dienone is 1. The van der Waals surface area contributed by atoms with Gasteiger partial charge in [-0.05, 0) is 72.2 Å². The highest BCUT2D eigenvalue weighted by Crippen LogP contribution is 2.23. The monoisotopic (exact) mass is 357 g/mol. The van der Waals surface area contributed by atoms with E-state index in [1.165, 1.54) is 30.5 Å². The van der Waals surface area contributed by atoms with Crippen molar-refractivity contribution < 1.29 is 4.39 Å². The molecule has 0 heterocycles. The minimum atomic E-state index is -0.220. The smallest absolute Gasteiger partial charge is 0.123 e. The predicted octanol–water partition coefficient (Wildman–Crippen LogP) is 7.14. The Balaban J connectivity index is 1.58. The lowest BCUT2D eigenvalue weighted by Gasteiger charge is -2.03. The molecule has 0 aromatic heterocycles. The van der Waals surface area contributed by atoms with E-state index in [0.29, 0.717) is 0 Å². The van der Waals surface area contributed by atoms with Gasteiger partial charge in [-0.25, -0.2) is 4.39 Å². The van der Waals surface area contributed by atoms with Gasteiger partial charge in [-0.3, -0.25) is 4.99 Å². The lowest BCUT2D eigenvalue weighted by atomic mass is 10.1. The van der Waals surface area contributed by atoms with Gasteiger partial charge in [0.25, 0.3) is 0 Å². The van der Waals surface area contributed by atoms with Gasteiger partial charge in [0, 0.05) is 6.21 Å². The number of aryl methyl sites for hydroxylation is 1. The van der Waals surface area contributed by atoms with E-state index in [0.717, 1.165) is 35.2 Å². The summed E-state index contributed by atoms with van der Waals surface area (Å²) in [6.07, 6.45) is 8.45. The van der Waals surface area contributed by atoms with Crippen LogP contribution in [0, 0.1) is 5.82 Å². The molecule has 0 saturated heterocycles. The fourth-order valence-corrected chi connectivity index (χ4v) is 2.92. The van der Waals surface area contributed by atoms with Crippen LogP contribution in [0.15, 0.2) is 90.4 Å². The molecule has 0 aliphatic carbocycles. The summed E-state index contributed by atoms with van der Waals surface area (Å²) in [5.74, 6) is -0.220. The minimum Gasteiger partial charge on any atom is -0.256 e. The van der Waals surface area contributed by atoms with Crippen molar-refractivity contribution in [1.29, 1.82) is 0 Å². The highest BCUT2D eigenvalue weighted by atomic mass is 19.1. The number of hydrogen-bond donors (Lipinski definition) is 0. The van der Waals surface area contributed by atoms with Gasteiger partial charge in [-0.15, -0.1) is 6.58 Å². The van der Waals surface area contributed by atoms with Gasteiger partial charge in [-0.2, -0.15) is 0 Å². The number of unbranched alkanes of at least 4 members (excludes halogenated alkanes) is 2. The summed E-state index contributed by atoms with van der Waals surface area (Å²) < 4.78 is 13.0. The summed E-state index contributed by atoms with van der Waals surface area (Å²) in [5.41, 5.74) is 5.40. The van der Waals surface area contributed by atoms with Crippen LogP contribution in [0.1, 0.15) is 30.4 Å². The molecule has 0 atom stereocenters. The molecule has 0 amide bonds. The molecule has 0 N–H and O–H groups in total. The molecule has 0 aliphatic heterocycles. The Labute approximate surface area is 160 Å². The van der Waals surface area contributed by atoms with E-state index in [4.69, 9.17) is 0 Å². The molecule has 0 bridgehead atoms. The van der Waals surface area contributed by atoms with E-state index >= 15 is 0 Å². The largest absolute Gasteiger partial charge is 0.256 e. The number of rotatable bonds is 8. The molecule has 1 nitrogen and oxygen atoms in total. The zero-order chi connectivity index (χ0) is 18.9. The topological polar surface area (TPSA) is 12.4 Å². The zero-order valence-electron chi connectivity index (χ0n) is 15.4. The van der Waals surface area contributed by atoms with Gasteiger partial charge in [0.15, 0.2) is 0 Å². The van der Waals surface area contributed by atoms with Gasteiger partial charge < -0.3 is 0 Å². The SMILES string of the molecule is C=CCCCCc1ccc(C=Nc2ccc(-c3ccc(F)cc3)cc2)cc1. The van der Waals surface area contributed by atoms with E-state index < -0.39 is 0 Å². The third kappa shape index (κ3) is 5.75. The van der Waals surface area contributed by atoms with Crippen LogP contribution in [0.3, 0.4) is 0 Å². The summed E-state index contributed by atoms with van der Waals surface area (Å²) in [5, 5.41) is 0. The Morgan fingerprint density at radius 3 is 2.04 bits per heavy atom. The maximum atomic E-state index is 13.0. The Hall–Kier alpha value is -3.00. The quantitative estimate of drug-likeness (QED) is 0.231. The maximum Gasteiger partial charge on any atom is 0.123 e. The van der Waals surface area contributed by atoms with Crippen LogP contribution in [0.25, 0.3) is 11.1 Å². The molecular weight excluding hydrogens is 333 g/mol. The van der Waals surface area contributed by atoms with E-state index in [9.17, 15) is 4.39 Å². The van der Waals surface area contributed by atoms with Gasteiger partial charge in [0.2, 0.25) is 0 Å². The Bertz CT molecular complexity index is 875. The molecule has 136 valence electrons. The molecule has 0 radical (unpaired) electrons. The number of benzene rings is 3. The van der Waals surface area contributed by atoms with Crippen molar-refractivity contribution in [2.75, 3.05) is 0 Å². The molecular formula is C25H24FN. The molecule has 0 fully saturated rings. The van der Waals surface area contributed by atoms with Crippen LogP contribution in [0.5, 0.6) is 0 Å². The van der Waals surface area contributed by atoms with Crippen LogP contribution >= 0.6 is 0 Å². The van der Waals surface area contributed by atoms with Crippen molar-refractivity contribution in [3.63, 3.8) is 0 Å². The molecule has 3 aromatic carbocycles. The standard InChI is InChI=1S/C25H24FN/c1-2-3-4-5-6-20-7-9-21(10-8-20)19-27-25-17-13-23(14-18-25)22-11-15-24(26)16-12-22/h2,7-19H,1,3-6H2. The minimum absolute atomic E-state index is 0.220. The lowest BCUT2D eigenvalue weighted by molar-refractivity contribution is 0.628. The summed E-state index contributed by atoms with van der Waals surface area (Å²) in [7, 11) is 0. The van der Waals surface area contributed by atoms with Gasteiger partial charge in [0.1, 0.15) is 5.82 Å². The van der Waals surface area contributed by atoms with E-state index in [2.05, 4.69) is 35.8 Å². The van der Waals surface area contributed by atoms with Crippen molar-refractivity contribution in [3.05, 3.63) is 102 Å². The first-order chi connectivity index (χ1) is 13.2. The molecule has 0 saturated carbocycles.